The lowest BCUT2D eigenvalue weighted by atomic mass is 10.0. The van der Waals surface area contributed by atoms with Crippen LogP contribution in [-0.4, -0.2) is 55.7 Å². The molecule has 6 heteroatoms. The van der Waals surface area contributed by atoms with Crippen LogP contribution in [0.15, 0.2) is 54.6 Å². The first-order valence-electron chi connectivity index (χ1n) is 9.56. The van der Waals surface area contributed by atoms with Gasteiger partial charge in [0.1, 0.15) is 11.4 Å². The van der Waals surface area contributed by atoms with Crippen LogP contribution in [0.4, 0.5) is 0 Å². The molecule has 2 aromatic carbocycles. The van der Waals surface area contributed by atoms with E-state index < -0.39 is 0 Å². The molecule has 2 heterocycles. The van der Waals surface area contributed by atoms with E-state index in [2.05, 4.69) is 27.3 Å². The first-order chi connectivity index (χ1) is 13.7. The topological polar surface area (TPSA) is 66.6 Å². The van der Waals surface area contributed by atoms with Crippen molar-refractivity contribution in [3.05, 3.63) is 65.9 Å². The monoisotopic (exact) mass is 379 g/mol. The average molecular weight is 379 g/mol. The number of hydrogen-bond donors (Lipinski definition) is 2. The number of carbonyl (C=O) groups is 1. The van der Waals surface area contributed by atoms with Crippen LogP contribution in [0.2, 0.25) is 0 Å². The number of aromatic amines is 1. The number of ether oxygens (including phenoxy) is 2. The van der Waals surface area contributed by atoms with Crippen LogP contribution in [0.5, 0.6) is 5.75 Å². The Hall–Kier alpha value is -2.83. The second-order valence-electron chi connectivity index (χ2n) is 6.92. The molecule has 0 spiro atoms. The number of nitrogens with one attached hydrogen (secondary N) is 2. The Bertz CT molecular complexity index is 897. The molecule has 1 fully saturated rings. The molecule has 0 radical (unpaired) electrons. The number of amides is 1. The summed E-state index contributed by atoms with van der Waals surface area (Å²) < 4.78 is 10.8. The van der Waals surface area contributed by atoms with Crippen molar-refractivity contribution in [2.24, 2.45) is 0 Å². The molecule has 6 nitrogen and oxygen atoms in total. The standard InChI is InChI=1S/C22H25N3O3/c1-27-18-8-6-16(7-9-18)21(25-10-12-28-13-11-25)15-23-22(26)20-14-17-4-2-3-5-19(17)24-20/h2-9,14,21,24H,10-13,15H2,1H3,(H,23,26)/t21-/m0/s1. The lowest BCUT2D eigenvalue weighted by molar-refractivity contribution is 0.0162. The molecule has 1 atom stereocenters. The molecule has 1 amide bonds. The smallest absolute Gasteiger partial charge is 0.267 e. The SMILES string of the molecule is COc1ccc([C@H](CNC(=O)c2cc3ccccc3[nH]2)N2CCOCC2)cc1. The first-order valence-corrected chi connectivity index (χ1v) is 9.56. The minimum Gasteiger partial charge on any atom is -0.497 e. The summed E-state index contributed by atoms with van der Waals surface area (Å²) in [5, 5.41) is 4.14. The Balaban J connectivity index is 1.50. The molecule has 0 saturated carbocycles. The molecule has 1 saturated heterocycles. The summed E-state index contributed by atoms with van der Waals surface area (Å²) >= 11 is 0. The number of fused-ring (bicyclic) bond motifs is 1. The van der Waals surface area contributed by atoms with E-state index in [1.54, 1.807) is 7.11 Å². The van der Waals surface area contributed by atoms with Crippen LogP contribution in [-0.2, 0) is 4.74 Å². The van der Waals surface area contributed by atoms with Gasteiger partial charge in [-0.15, -0.1) is 0 Å². The number of aromatic nitrogens is 1. The highest BCUT2D eigenvalue weighted by molar-refractivity contribution is 5.97. The molecule has 3 aromatic rings. The van der Waals surface area contributed by atoms with Gasteiger partial charge in [0.15, 0.2) is 0 Å². The van der Waals surface area contributed by atoms with E-state index in [9.17, 15) is 4.79 Å². The lowest BCUT2D eigenvalue weighted by Gasteiger charge is -2.35. The van der Waals surface area contributed by atoms with E-state index in [4.69, 9.17) is 9.47 Å². The summed E-state index contributed by atoms with van der Waals surface area (Å²) in [6, 6.07) is 17.9. The molecular weight excluding hydrogens is 354 g/mol. The second kappa shape index (κ2) is 8.46. The third-order valence-electron chi connectivity index (χ3n) is 5.22. The van der Waals surface area contributed by atoms with E-state index in [-0.39, 0.29) is 11.9 Å². The Morgan fingerprint density at radius 1 is 1.18 bits per heavy atom. The minimum atomic E-state index is -0.0945. The normalized spacial score (nSPS) is 16.0. The number of benzene rings is 2. The number of rotatable bonds is 6. The average Bonchev–Trinajstić information content (AvgIpc) is 3.19. The number of hydrogen-bond acceptors (Lipinski definition) is 4. The summed E-state index contributed by atoms with van der Waals surface area (Å²) in [7, 11) is 1.66. The van der Waals surface area contributed by atoms with Crippen molar-refractivity contribution < 1.29 is 14.3 Å². The van der Waals surface area contributed by atoms with Crippen molar-refractivity contribution in [3.8, 4) is 5.75 Å². The molecule has 146 valence electrons. The van der Waals surface area contributed by atoms with E-state index in [1.165, 1.54) is 0 Å². The fourth-order valence-corrected chi connectivity index (χ4v) is 3.65. The summed E-state index contributed by atoms with van der Waals surface area (Å²) in [6.07, 6.45) is 0. The van der Waals surface area contributed by atoms with Gasteiger partial charge in [-0.2, -0.15) is 0 Å². The molecule has 1 aliphatic rings. The summed E-state index contributed by atoms with van der Waals surface area (Å²) in [4.78, 5) is 18.3. The maximum Gasteiger partial charge on any atom is 0.267 e. The van der Waals surface area contributed by atoms with Crippen molar-refractivity contribution in [3.63, 3.8) is 0 Å². The summed E-state index contributed by atoms with van der Waals surface area (Å²) in [5.74, 6) is 0.731. The van der Waals surface area contributed by atoms with E-state index in [0.717, 1.165) is 35.3 Å². The molecule has 4 rings (SSSR count). The zero-order valence-corrected chi connectivity index (χ0v) is 16.0. The van der Waals surface area contributed by atoms with E-state index in [0.29, 0.717) is 25.5 Å². The van der Waals surface area contributed by atoms with Crippen molar-refractivity contribution >= 4 is 16.8 Å². The van der Waals surface area contributed by atoms with Gasteiger partial charge in [-0.05, 0) is 29.8 Å². The number of methoxy groups -OCH3 is 1. The number of nitrogens with zero attached hydrogens (tertiary/aromatic N) is 1. The number of morpholine rings is 1. The van der Waals surface area contributed by atoms with Gasteiger partial charge in [0.05, 0.1) is 26.4 Å². The van der Waals surface area contributed by atoms with Gasteiger partial charge in [-0.3, -0.25) is 9.69 Å². The number of carbonyl (C=O) groups excluding carboxylic acids is 1. The maximum atomic E-state index is 12.7. The zero-order valence-electron chi connectivity index (χ0n) is 16.0. The molecule has 1 aromatic heterocycles. The number of para-hydroxylation sites is 1. The Morgan fingerprint density at radius 2 is 1.93 bits per heavy atom. The van der Waals surface area contributed by atoms with Crippen LogP contribution in [0, 0.1) is 0 Å². The molecule has 2 N–H and O–H groups in total. The zero-order chi connectivity index (χ0) is 19.3. The summed E-state index contributed by atoms with van der Waals surface area (Å²) in [6.45, 7) is 3.64. The summed E-state index contributed by atoms with van der Waals surface area (Å²) in [5.41, 5.74) is 2.70. The predicted molar refractivity (Wildman–Crippen MR) is 109 cm³/mol. The third kappa shape index (κ3) is 4.03. The van der Waals surface area contributed by atoms with Crippen LogP contribution in [0.1, 0.15) is 22.1 Å². The van der Waals surface area contributed by atoms with Crippen molar-refractivity contribution in [1.29, 1.82) is 0 Å². The van der Waals surface area contributed by atoms with Gasteiger partial charge in [-0.1, -0.05) is 30.3 Å². The molecule has 28 heavy (non-hydrogen) atoms. The highest BCUT2D eigenvalue weighted by atomic mass is 16.5. The first kappa shape index (κ1) is 18.5. The van der Waals surface area contributed by atoms with E-state index >= 15 is 0 Å². The fourth-order valence-electron chi connectivity index (χ4n) is 3.65. The van der Waals surface area contributed by atoms with Gasteiger partial charge in [0, 0.05) is 30.5 Å². The van der Waals surface area contributed by atoms with Crippen molar-refractivity contribution in [2.45, 2.75) is 6.04 Å². The molecule has 0 unspecified atom stereocenters. The second-order valence-corrected chi connectivity index (χ2v) is 6.92. The van der Waals surface area contributed by atoms with Crippen LogP contribution >= 0.6 is 0 Å². The molecule has 0 bridgehead atoms. The molecule has 1 aliphatic heterocycles. The van der Waals surface area contributed by atoms with Crippen molar-refractivity contribution in [1.82, 2.24) is 15.2 Å². The minimum absolute atomic E-state index is 0.0862. The van der Waals surface area contributed by atoms with E-state index in [1.807, 2.05) is 42.5 Å². The van der Waals surface area contributed by atoms with Gasteiger partial charge >= 0.3 is 0 Å². The number of H-pyrrole nitrogens is 1. The Labute approximate surface area is 164 Å². The van der Waals surface area contributed by atoms with Crippen LogP contribution in [0.25, 0.3) is 10.9 Å². The predicted octanol–water partition coefficient (Wildman–Crippen LogP) is 2.98. The highest BCUT2D eigenvalue weighted by Gasteiger charge is 2.23. The maximum absolute atomic E-state index is 12.7. The van der Waals surface area contributed by atoms with Crippen LogP contribution in [0.3, 0.4) is 0 Å². The fraction of sp³-hybridized carbons (Fsp3) is 0.318. The van der Waals surface area contributed by atoms with Gasteiger partial charge in [0.25, 0.3) is 5.91 Å². The van der Waals surface area contributed by atoms with Gasteiger partial charge in [-0.25, -0.2) is 0 Å². The van der Waals surface area contributed by atoms with Crippen molar-refractivity contribution in [2.75, 3.05) is 40.0 Å². The molecular formula is C22H25N3O3. The van der Waals surface area contributed by atoms with Gasteiger partial charge in [0.2, 0.25) is 0 Å². The Morgan fingerprint density at radius 3 is 2.64 bits per heavy atom. The lowest BCUT2D eigenvalue weighted by Crippen LogP contribution is -2.43. The van der Waals surface area contributed by atoms with Crippen LogP contribution < -0.4 is 10.1 Å². The quantitative estimate of drug-likeness (QED) is 0.691. The Kier molecular flexibility index (Phi) is 5.60. The van der Waals surface area contributed by atoms with Gasteiger partial charge < -0.3 is 19.8 Å². The highest BCUT2D eigenvalue weighted by Crippen LogP contribution is 2.24. The largest absolute Gasteiger partial charge is 0.497 e. The third-order valence-corrected chi connectivity index (χ3v) is 5.22. The molecule has 0 aliphatic carbocycles.